The summed E-state index contributed by atoms with van der Waals surface area (Å²) in [6, 6.07) is 12.3. The molecule has 3 nitrogen and oxygen atoms in total. The molecule has 0 spiro atoms. The number of benzene rings is 2. The monoisotopic (exact) mass is 457 g/mol. The van der Waals surface area contributed by atoms with Crippen LogP contribution in [0, 0.1) is 0 Å². The normalized spacial score (nSPS) is 10.9. The predicted molar refractivity (Wildman–Crippen MR) is 136 cm³/mol. The SMILES string of the molecule is CCCCc1cccc(O[P+](=O)Oc2cccc(CCCC)c2CCCC)c1CCCC. The van der Waals surface area contributed by atoms with Gasteiger partial charge in [-0.05, 0) is 74.6 Å². The van der Waals surface area contributed by atoms with Crippen LogP contribution in [0.3, 0.4) is 0 Å². The zero-order chi connectivity index (χ0) is 23.2. The second-order valence-electron chi connectivity index (χ2n) is 8.61. The van der Waals surface area contributed by atoms with Gasteiger partial charge >= 0.3 is 8.25 Å². The lowest BCUT2D eigenvalue weighted by Gasteiger charge is -2.12. The molecule has 176 valence electrons. The standard InChI is InChI=1S/C28H42O3P/c1-5-9-15-23-17-13-21-27(25(23)19-11-7-3)30-32(29)31-28-22-14-18-24(16-10-6-2)26(28)20-12-8-4/h13-14,17-18,21-22H,5-12,15-16,19-20H2,1-4H3/q+1. The number of rotatable bonds is 16. The van der Waals surface area contributed by atoms with Crippen molar-refractivity contribution in [2.24, 2.45) is 0 Å². The van der Waals surface area contributed by atoms with Crippen molar-refractivity contribution in [3.63, 3.8) is 0 Å². The molecule has 0 saturated heterocycles. The number of unbranched alkanes of at least 4 members (excludes halogenated alkanes) is 4. The Morgan fingerprint density at radius 1 is 0.594 bits per heavy atom. The molecule has 0 aliphatic carbocycles. The summed E-state index contributed by atoms with van der Waals surface area (Å²) in [4.78, 5) is 0. The van der Waals surface area contributed by atoms with E-state index in [0.717, 1.165) is 77.0 Å². The molecule has 4 heteroatoms. The minimum absolute atomic E-state index is 0.713. The van der Waals surface area contributed by atoms with E-state index in [1.54, 1.807) is 0 Å². The second-order valence-corrected chi connectivity index (χ2v) is 9.42. The molecule has 0 bridgehead atoms. The lowest BCUT2D eigenvalue weighted by molar-refractivity contribution is 0.410. The molecule has 0 N–H and O–H groups in total. The van der Waals surface area contributed by atoms with Crippen LogP contribution in [0.25, 0.3) is 0 Å². The highest BCUT2D eigenvalue weighted by atomic mass is 31.1. The van der Waals surface area contributed by atoms with Crippen LogP contribution in [0.15, 0.2) is 36.4 Å². The quantitative estimate of drug-likeness (QED) is 0.236. The topological polar surface area (TPSA) is 35.5 Å². The molecule has 2 aromatic carbocycles. The van der Waals surface area contributed by atoms with Crippen LogP contribution in [0.2, 0.25) is 0 Å². The summed E-state index contributed by atoms with van der Waals surface area (Å²) in [6.45, 7) is 8.81. The molecule has 0 amide bonds. The van der Waals surface area contributed by atoms with E-state index in [9.17, 15) is 4.57 Å². The third-order valence-corrected chi connectivity index (χ3v) is 6.66. The Labute approximate surface area is 196 Å². The molecule has 2 rings (SSSR count). The molecule has 0 fully saturated rings. The Hall–Kier alpha value is -1.86. The van der Waals surface area contributed by atoms with Crippen molar-refractivity contribution in [2.75, 3.05) is 0 Å². The highest BCUT2D eigenvalue weighted by molar-refractivity contribution is 7.34. The molecule has 0 aliphatic rings. The first-order valence-electron chi connectivity index (χ1n) is 12.7. The van der Waals surface area contributed by atoms with Crippen molar-refractivity contribution >= 4 is 8.25 Å². The van der Waals surface area contributed by atoms with Crippen molar-refractivity contribution in [2.45, 2.75) is 105 Å². The number of aryl methyl sites for hydroxylation is 2. The molecule has 0 aromatic heterocycles. The van der Waals surface area contributed by atoms with E-state index in [1.165, 1.54) is 22.3 Å². The molecule has 0 radical (unpaired) electrons. The fourth-order valence-corrected chi connectivity index (χ4v) is 4.75. The van der Waals surface area contributed by atoms with Crippen molar-refractivity contribution in [3.8, 4) is 11.5 Å². The van der Waals surface area contributed by atoms with Gasteiger partial charge in [0.15, 0.2) is 11.5 Å². The summed E-state index contributed by atoms with van der Waals surface area (Å²) < 4.78 is 24.9. The molecule has 0 atom stereocenters. The Morgan fingerprint density at radius 3 is 1.34 bits per heavy atom. The number of hydrogen-bond donors (Lipinski definition) is 0. The summed E-state index contributed by atoms with van der Waals surface area (Å²) in [5.74, 6) is 1.43. The van der Waals surface area contributed by atoms with Crippen LogP contribution < -0.4 is 9.05 Å². The molecule has 0 saturated carbocycles. The van der Waals surface area contributed by atoms with E-state index in [-0.39, 0.29) is 0 Å². The van der Waals surface area contributed by atoms with Gasteiger partial charge in [0, 0.05) is 15.7 Å². The fourth-order valence-electron chi connectivity index (χ4n) is 4.05. The average Bonchev–Trinajstić information content (AvgIpc) is 2.80. The lowest BCUT2D eigenvalue weighted by atomic mass is 9.97. The van der Waals surface area contributed by atoms with Crippen LogP contribution >= 0.6 is 8.25 Å². The first-order chi connectivity index (χ1) is 15.6. The Bertz CT molecular complexity index is 764. The molecular weight excluding hydrogens is 415 g/mol. The molecule has 0 unspecified atom stereocenters. The molecule has 0 aliphatic heterocycles. The Kier molecular flexibility index (Phi) is 12.4. The number of hydrogen-bond acceptors (Lipinski definition) is 3. The van der Waals surface area contributed by atoms with Crippen LogP contribution in [0.1, 0.15) is 101 Å². The van der Waals surface area contributed by atoms with E-state index in [2.05, 4.69) is 39.8 Å². The van der Waals surface area contributed by atoms with Crippen molar-refractivity contribution in [3.05, 3.63) is 58.7 Å². The van der Waals surface area contributed by atoms with Gasteiger partial charge in [-0.25, -0.2) is 9.05 Å². The van der Waals surface area contributed by atoms with Gasteiger partial charge in [-0.15, -0.1) is 0 Å². The first kappa shape index (κ1) is 26.4. The summed E-state index contributed by atoms with van der Waals surface area (Å²) in [6.07, 6.45) is 13.0. The van der Waals surface area contributed by atoms with Gasteiger partial charge in [-0.1, -0.05) is 77.6 Å². The van der Waals surface area contributed by atoms with E-state index >= 15 is 0 Å². The molecule has 32 heavy (non-hydrogen) atoms. The fraction of sp³-hybridized carbons (Fsp3) is 0.571. The van der Waals surface area contributed by atoms with Gasteiger partial charge < -0.3 is 0 Å². The van der Waals surface area contributed by atoms with Crippen molar-refractivity contribution < 1.29 is 13.6 Å². The van der Waals surface area contributed by atoms with Crippen LogP contribution in [-0.4, -0.2) is 0 Å². The van der Waals surface area contributed by atoms with Gasteiger partial charge in [-0.2, -0.15) is 0 Å². The first-order valence-corrected chi connectivity index (χ1v) is 13.8. The minimum Gasteiger partial charge on any atom is -0.222 e. The zero-order valence-electron chi connectivity index (χ0n) is 20.6. The van der Waals surface area contributed by atoms with Gasteiger partial charge in [0.1, 0.15) is 0 Å². The van der Waals surface area contributed by atoms with Crippen molar-refractivity contribution in [1.29, 1.82) is 0 Å². The molecule has 0 heterocycles. The Morgan fingerprint density at radius 2 is 0.969 bits per heavy atom. The predicted octanol–water partition coefficient (Wildman–Crippen LogP) is 9.17. The third-order valence-electron chi connectivity index (χ3n) is 5.97. The highest BCUT2D eigenvalue weighted by Crippen LogP contribution is 2.37. The molecule has 2 aromatic rings. The maximum atomic E-state index is 13.0. The average molecular weight is 458 g/mol. The van der Waals surface area contributed by atoms with E-state index in [0.29, 0.717) is 11.5 Å². The summed E-state index contributed by atoms with van der Waals surface area (Å²) in [7, 11) is -2.30. The van der Waals surface area contributed by atoms with E-state index in [1.807, 2.05) is 24.3 Å². The second kappa shape index (κ2) is 15.1. The van der Waals surface area contributed by atoms with Crippen LogP contribution in [0.5, 0.6) is 11.5 Å². The zero-order valence-corrected chi connectivity index (χ0v) is 21.5. The van der Waals surface area contributed by atoms with Crippen LogP contribution in [-0.2, 0) is 30.2 Å². The summed E-state index contributed by atoms with van der Waals surface area (Å²) in [5.41, 5.74) is 5.01. The van der Waals surface area contributed by atoms with Gasteiger partial charge in [0.2, 0.25) is 0 Å². The van der Waals surface area contributed by atoms with Crippen molar-refractivity contribution in [1.82, 2.24) is 0 Å². The van der Waals surface area contributed by atoms with Gasteiger partial charge in [0.25, 0.3) is 0 Å². The highest BCUT2D eigenvalue weighted by Gasteiger charge is 2.28. The van der Waals surface area contributed by atoms with Gasteiger partial charge in [0.05, 0.1) is 0 Å². The molecular formula is C28H42O3P+. The minimum atomic E-state index is -2.30. The Balaban J connectivity index is 2.23. The maximum Gasteiger partial charge on any atom is 0.805 e. The summed E-state index contributed by atoms with van der Waals surface area (Å²) >= 11 is 0. The lowest BCUT2D eigenvalue weighted by Crippen LogP contribution is -2.02. The van der Waals surface area contributed by atoms with E-state index in [4.69, 9.17) is 9.05 Å². The third kappa shape index (κ3) is 8.24. The largest absolute Gasteiger partial charge is 0.805 e. The van der Waals surface area contributed by atoms with Crippen LogP contribution in [0.4, 0.5) is 0 Å². The van der Waals surface area contributed by atoms with E-state index < -0.39 is 8.25 Å². The maximum absolute atomic E-state index is 13.0. The smallest absolute Gasteiger partial charge is 0.222 e. The summed E-state index contributed by atoms with van der Waals surface area (Å²) in [5, 5.41) is 0. The van der Waals surface area contributed by atoms with Gasteiger partial charge in [-0.3, -0.25) is 0 Å².